The van der Waals surface area contributed by atoms with Crippen molar-refractivity contribution in [2.45, 2.75) is 6.42 Å². The molecular formula is C30H21N7OS. The van der Waals surface area contributed by atoms with Gasteiger partial charge in [-0.2, -0.15) is 16.4 Å². The minimum atomic E-state index is -0.0898. The number of H-pyrrole nitrogens is 2. The van der Waals surface area contributed by atoms with Gasteiger partial charge in [-0.25, -0.2) is 9.97 Å². The number of nitrogens with zero attached hydrogens (tertiary/aromatic N) is 4. The molecule has 8 nitrogen and oxygen atoms in total. The number of pyridine rings is 2. The molecule has 0 aliphatic rings. The Balaban J connectivity index is 1.21. The van der Waals surface area contributed by atoms with Crippen LogP contribution in [0.4, 0.5) is 5.69 Å². The van der Waals surface area contributed by atoms with Crippen molar-refractivity contribution < 1.29 is 4.79 Å². The topological polar surface area (TPSA) is 112 Å². The molecule has 0 spiro atoms. The molecule has 1 amide bonds. The van der Waals surface area contributed by atoms with E-state index in [1.807, 2.05) is 54.6 Å². The van der Waals surface area contributed by atoms with E-state index >= 15 is 0 Å². The summed E-state index contributed by atoms with van der Waals surface area (Å²) >= 11 is 1.65. The SMILES string of the molecule is O=C(Cc1ccccc1)Nc1cncc(-c2ccc3[nH]nc(-c4nc5c(-c6ccsc6)ccnc5[nH]4)c3c2)c1. The lowest BCUT2D eigenvalue weighted by Crippen LogP contribution is -2.14. The molecule has 0 saturated heterocycles. The van der Waals surface area contributed by atoms with Crippen LogP contribution < -0.4 is 5.32 Å². The normalized spacial score (nSPS) is 11.3. The summed E-state index contributed by atoms with van der Waals surface area (Å²) in [4.78, 5) is 29.7. The Hall–Kier alpha value is -5.15. The fourth-order valence-corrected chi connectivity index (χ4v) is 5.36. The maximum atomic E-state index is 12.6. The first kappa shape index (κ1) is 23.0. The average molecular weight is 528 g/mol. The molecule has 2 aromatic carbocycles. The van der Waals surface area contributed by atoms with Gasteiger partial charge in [-0.05, 0) is 57.8 Å². The summed E-state index contributed by atoms with van der Waals surface area (Å²) in [5.41, 5.74) is 8.69. The number of imidazole rings is 1. The number of carbonyl (C=O) groups is 1. The maximum Gasteiger partial charge on any atom is 0.228 e. The van der Waals surface area contributed by atoms with Crippen molar-refractivity contribution in [1.29, 1.82) is 0 Å². The molecule has 5 aromatic heterocycles. The van der Waals surface area contributed by atoms with Gasteiger partial charge in [-0.15, -0.1) is 0 Å². The maximum absolute atomic E-state index is 12.6. The molecule has 0 unspecified atom stereocenters. The smallest absolute Gasteiger partial charge is 0.228 e. The number of aromatic amines is 2. The van der Waals surface area contributed by atoms with Crippen LogP contribution in [-0.2, 0) is 11.2 Å². The van der Waals surface area contributed by atoms with E-state index in [9.17, 15) is 4.79 Å². The van der Waals surface area contributed by atoms with Gasteiger partial charge in [0.15, 0.2) is 11.5 Å². The number of rotatable bonds is 6. The van der Waals surface area contributed by atoms with Gasteiger partial charge in [0.05, 0.1) is 23.8 Å². The van der Waals surface area contributed by atoms with Crippen LogP contribution in [0, 0.1) is 0 Å². The molecule has 0 aliphatic heterocycles. The van der Waals surface area contributed by atoms with E-state index in [2.05, 4.69) is 53.4 Å². The third-order valence-electron chi connectivity index (χ3n) is 6.57. The molecule has 39 heavy (non-hydrogen) atoms. The number of thiophene rings is 1. The van der Waals surface area contributed by atoms with Crippen molar-refractivity contribution in [2.24, 2.45) is 0 Å². The molecule has 9 heteroatoms. The standard InChI is InChI=1S/C30H21N7OS/c38-26(12-18-4-2-1-3-5-18)33-22-13-21(15-31-16-22)19-6-7-25-24(14-19)28(37-36-25)30-34-27-23(20-9-11-39-17-20)8-10-32-29(27)35-30/h1-11,13-17H,12H2,(H,33,38)(H,36,37)(H,32,34,35). The van der Waals surface area contributed by atoms with Crippen LogP contribution in [-0.4, -0.2) is 36.0 Å². The molecule has 0 saturated carbocycles. The van der Waals surface area contributed by atoms with Crippen LogP contribution in [0.1, 0.15) is 5.56 Å². The lowest BCUT2D eigenvalue weighted by atomic mass is 10.0. The Morgan fingerprint density at radius 2 is 1.87 bits per heavy atom. The molecule has 0 atom stereocenters. The second-order valence-corrected chi connectivity index (χ2v) is 9.94. The van der Waals surface area contributed by atoms with Crippen LogP contribution >= 0.6 is 11.3 Å². The third kappa shape index (κ3) is 4.45. The summed E-state index contributed by atoms with van der Waals surface area (Å²) in [5, 5.41) is 15.7. The molecule has 0 radical (unpaired) electrons. The number of carbonyl (C=O) groups excluding carboxylic acids is 1. The molecule has 3 N–H and O–H groups in total. The molecular weight excluding hydrogens is 506 g/mol. The Morgan fingerprint density at radius 1 is 0.949 bits per heavy atom. The zero-order chi connectivity index (χ0) is 26.2. The van der Waals surface area contributed by atoms with E-state index in [0.717, 1.165) is 44.2 Å². The third-order valence-corrected chi connectivity index (χ3v) is 7.25. The van der Waals surface area contributed by atoms with Crippen molar-refractivity contribution in [3.63, 3.8) is 0 Å². The molecule has 188 valence electrons. The summed E-state index contributed by atoms with van der Waals surface area (Å²) in [7, 11) is 0. The number of nitrogens with one attached hydrogen (secondary N) is 3. The van der Waals surface area contributed by atoms with Crippen LogP contribution in [0.15, 0.2) is 96.1 Å². The second-order valence-electron chi connectivity index (χ2n) is 9.16. The molecule has 5 heterocycles. The summed E-state index contributed by atoms with van der Waals surface area (Å²) in [5.74, 6) is 0.552. The Morgan fingerprint density at radius 3 is 2.74 bits per heavy atom. The number of benzene rings is 2. The summed E-state index contributed by atoms with van der Waals surface area (Å²) in [6.07, 6.45) is 5.53. The molecule has 7 rings (SSSR count). The van der Waals surface area contributed by atoms with Gasteiger partial charge in [-0.1, -0.05) is 36.4 Å². The highest BCUT2D eigenvalue weighted by Gasteiger charge is 2.17. The number of anilines is 1. The van der Waals surface area contributed by atoms with E-state index in [1.165, 1.54) is 0 Å². The van der Waals surface area contributed by atoms with Crippen molar-refractivity contribution in [2.75, 3.05) is 5.32 Å². The average Bonchev–Trinajstić information content (AvgIpc) is 3.73. The van der Waals surface area contributed by atoms with E-state index < -0.39 is 0 Å². The van der Waals surface area contributed by atoms with Gasteiger partial charge in [0, 0.05) is 28.9 Å². The van der Waals surface area contributed by atoms with E-state index in [1.54, 1.807) is 29.9 Å². The predicted octanol–water partition coefficient (Wildman–Crippen LogP) is 6.47. The number of hydrogen-bond donors (Lipinski definition) is 3. The fraction of sp³-hybridized carbons (Fsp3) is 0.0333. The van der Waals surface area contributed by atoms with Gasteiger partial charge in [0.1, 0.15) is 11.2 Å². The molecule has 0 bridgehead atoms. The van der Waals surface area contributed by atoms with E-state index in [0.29, 0.717) is 29.3 Å². The van der Waals surface area contributed by atoms with Gasteiger partial charge in [-0.3, -0.25) is 14.9 Å². The highest BCUT2D eigenvalue weighted by molar-refractivity contribution is 7.08. The first-order chi connectivity index (χ1) is 19.2. The van der Waals surface area contributed by atoms with Crippen LogP contribution in [0.3, 0.4) is 0 Å². The number of hydrogen-bond acceptors (Lipinski definition) is 6. The minimum absolute atomic E-state index is 0.0898. The van der Waals surface area contributed by atoms with Crippen molar-refractivity contribution >= 4 is 45.0 Å². The fourth-order valence-electron chi connectivity index (χ4n) is 4.70. The van der Waals surface area contributed by atoms with Crippen LogP contribution in [0.5, 0.6) is 0 Å². The zero-order valence-corrected chi connectivity index (χ0v) is 21.4. The zero-order valence-electron chi connectivity index (χ0n) is 20.6. The van der Waals surface area contributed by atoms with E-state index in [4.69, 9.17) is 4.98 Å². The Kier molecular flexibility index (Phi) is 5.68. The van der Waals surface area contributed by atoms with Crippen molar-refractivity contribution in [3.05, 3.63) is 102 Å². The van der Waals surface area contributed by atoms with E-state index in [-0.39, 0.29) is 5.91 Å². The lowest BCUT2D eigenvalue weighted by molar-refractivity contribution is -0.115. The minimum Gasteiger partial charge on any atom is -0.324 e. The van der Waals surface area contributed by atoms with Gasteiger partial charge < -0.3 is 10.3 Å². The largest absolute Gasteiger partial charge is 0.324 e. The number of aromatic nitrogens is 6. The van der Waals surface area contributed by atoms with Gasteiger partial charge >= 0.3 is 0 Å². The number of amides is 1. The van der Waals surface area contributed by atoms with Gasteiger partial charge in [0.25, 0.3) is 0 Å². The van der Waals surface area contributed by atoms with Crippen LogP contribution in [0.25, 0.3) is 55.8 Å². The Bertz CT molecular complexity index is 1940. The first-order valence-electron chi connectivity index (χ1n) is 12.4. The van der Waals surface area contributed by atoms with Crippen LogP contribution in [0.2, 0.25) is 0 Å². The van der Waals surface area contributed by atoms with Crippen molar-refractivity contribution in [1.82, 2.24) is 30.1 Å². The highest BCUT2D eigenvalue weighted by atomic mass is 32.1. The summed E-state index contributed by atoms with van der Waals surface area (Å²) in [6.45, 7) is 0. The highest BCUT2D eigenvalue weighted by Crippen LogP contribution is 2.33. The molecule has 7 aromatic rings. The second kappa shape index (κ2) is 9.62. The molecule has 0 aliphatic carbocycles. The lowest BCUT2D eigenvalue weighted by Gasteiger charge is -2.08. The summed E-state index contributed by atoms with van der Waals surface area (Å²) < 4.78 is 0. The molecule has 0 fully saturated rings. The predicted molar refractivity (Wildman–Crippen MR) is 154 cm³/mol. The quantitative estimate of drug-likeness (QED) is 0.229. The number of fused-ring (bicyclic) bond motifs is 2. The van der Waals surface area contributed by atoms with Crippen molar-refractivity contribution in [3.8, 4) is 33.8 Å². The monoisotopic (exact) mass is 527 g/mol. The van der Waals surface area contributed by atoms with Gasteiger partial charge in [0.2, 0.25) is 5.91 Å². The first-order valence-corrected chi connectivity index (χ1v) is 13.3. The summed E-state index contributed by atoms with van der Waals surface area (Å²) in [6, 6.07) is 21.7. The Labute approximate surface area is 226 Å².